The maximum Gasteiger partial charge on any atom is 0.416 e. The molecule has 0 atom stereocenters. The standard InChI is InChI=1S/C18H17F5N4O/c1-24-17(26-10-16(28)27-14-6-4-12(19)5-7-14)25-9-11-2-3-13(20)8-15(11)18(21,22)23/h2-8H,9-10H2,1H3,(H,27,28)(H2,24,25,26). The SMILES string of the molecule is CN=C(NCC(=O)Nc1ccc(F)cc1)NCc1ccc(F)cc1C(F)(F)F. The average Bonchev–Trinajstić information content (AvgIpc) is 2.64. The van der Waals surface area contributed by atoms with Crippen LogP contribution in [0.4, 0.5) is 27.6 Å². The number of rotatable bonds is 5. The van der Waals surface area contributed by atoms with Gasteiger partial charge in [0.05, 0.1) is 12.1 Å². The molecule has 0 bridgehead atoms. The summed E-state index contributed by atoms with van der Waals surface area (Å²) in [6.07, 6.45) is -4.70. The van der Waals surface area contributed by atoms with Gasteiger partial charge in [-0.15, -0.1) is 0 Å². The summed E-state index contributed by atoms with van der Waals surface area (Å²) in [4.78, 5) is 15.7. The molecule has 0 heterocycles. The number of anilines is 1. The Hall–Kier alpha value is -3.17. The highest BCUT2D eigenvalue weighted by atomic mass is 19.4. The molecule has 10 heteroatoms. The highest BCUT2D eigenvalue weighted by molar-refractivity contribution is 5.94. The number of carbonyl (C=O) groups is 1. The third-order valence-corrected chi connectivity index (χ3v) is 3.59. The van der Waals surface area contributed by atoms with E-state index in [0.717, 1.165) is 12.1 Å². The number of nitrogens with one attached hydrogen (secondary N) is 3. The topological polar surface area (TPSA) is 65.5 Å². The van der Waals surface area contributed by atoms with Crippen LogP contribution in [-0.4, -0.2) is 25.5 Å². The number of aliphatic imine (C=N–C) groups is 1. The van der Waals surface area contributed by atoms with E-state index in [2.05, 4.69) is 20.9 Å². The Bertz CT molecular complexity index is 850. The van der Waals surface area contributed by atoms with Gasteiger partial charge in [0.2, 0.25) is 5.91 Å². The van der Waals surface area contributed by atoms with Crippen LogP contribution in [0.3, 0.4) is 0 Å². The van der Waals surface area contributed by atoms with E-state index in [9.17, 15) is 26.7 Å². The molecule has 0 aliphatic heterocycles. The van der Waals surface area contributed by atoms with E-state index in [0.29, 0.717) is 11.8 Å². The van der Waals surface area contributed by atoms with Gasteiger partial charge < -0.3 is 16.0 Å². The summed E-state index contributed by atoms with van der Waals surface area (Å²) in [5.41, 5.74) is -0.880. The lowest BCUT2D eigenvalue weighted by molar-refractivity contribution is -0.138. The Labute approximate surface area is 157 Å². The van der Waals surface area contributed by atoms with Crippen molar-refractivity contribution in [2.45, 2.75) is 12.7 Å². The van der Waals surface area contributed by atoms with Gasteiger partial charge in [0.25, 0.3) is 0 Å². The molecule has 0 aromatic heterocycles. The quantitative estimate of drug-likeness (QED) is 0.410. The van der Waals surface area contributed by atoms with Crippen molar-refractivity contribution < 1.29 is 26.7 Å². The summed E-state index contributed by atoms with van der Waals surface area (Å²) < 4.78 is 65.0. The van der Waals surface area contributed by atoms with E-state index in [1.54, 1.807) is 0 Å². The molecule has 0 radical (unpaired) electrons. The molecule has 0 saturated carbocycles. The lowest BCUT2D eigenvalue weighted by Gasteiger charge is -2.16. The van der Waals surface area contributed by atoms with E-state index in [4.69, 9.17) is 0 Å². The van der Waals surface area contributed by atoms with Gasteiger partial charge in [-0.25, -0.2) is 8.78 Å². The molecule has 0 spiro atoms. The molecule has 5 nitrogen and oxygen atoms in total. The normalized spacial score (nSPS) is 11.9. The summed E-state index contributed by atoms with van der Waals surface area (Å²) >= 11 is 0. The first kappa shape index (κ1) is 21.1. The number of carbonyl (C=O) groups excluding carboxylic acids is 1. The smallest absolute Gasteiger partial charge is 0.352 e. The van der Waals surface area contributed by atoms with Crippen LogP contribution in [0.1, 0.15) is 11.1 Å². The van der Waals surface area contributed by atoms with Gasteiger partial charge in [0, 0.05) is 19.3 Å². The number of guanidine groups is 1. The first-order valence-electron chi connectivity index (χ1n) is 8.04. The zero-order chi connectivity index (χ0) is 20.7. The number of hydrogen-bond donors (Lipinski definition) is 3. The summed E-state index contributed by atoms with van der Waals surface area (Å²) in [5.74, 6) is -1.82. The molecule has 150 valence electrons. The molecule has 3 N–H and O–H groups in total. The molecule has 0 unspecified atom stereocenters. The maximum absolute atomic E-state index is 13.1. The van der Waals surface area contributed by atoms with Crippen LogP contribution in [0.25, 0.3) is 0 Å². The molecule has 0 aliphatic rings. The van der Waals surface area contributed by atoms with Crippen LogP contribution in [-0.2, 0) is 17.5 Å². The van der Waals surface area contributed by atoms with Crippen molar-refractivity contribution in [1.82, 2.24) is 10.6 Å². The van der Waals surface area contributed by atoms with E-state index in [1.807, 2.05) is 0 Å². The van der Waals surface area contributed by atoms with Crippen LogP contribution in [0.2, 0.25) is 0 Å². The van der Waals surface area contributed by atoms with E-state index < -0.39 is 29.3 Å². The van der Waals surface area contributed by atoms with Crippen LogP contribution < -0.4 is 16.0 Å². The molecule has 28 heavy (non-hydrogen) atoms. The predicted octanol–water partition coefficient (Wildman–Crippen LogP) is 3.29. The minimum absolute atomic E-state index is 0.0757. The first-order chi connectivity index (χ1) is 13.2. The van der Waals surface area contributed by atoms with Gasteiger partial charge in [0.15, 0.2) is 5.96 Å². The number of alkyl halides is 3. The largest absolute Gasteiger partial charge is 0.416 e. The molecule has 2 aromatic rings. The zero-order valence-electron chi connectivity index (χ0n) is 14.7. The van der Waals surface area contributed by atoms with Crippen molar-refractivity contribution in [3.63, 3.8) is 0 Å². The molecule has 0 fully saturated rings. The lowest BCUT2D eigenvalue weighted by atomic mass is 10.1. The Morgan fingerprint density at radius 2 is 1.64 bits per heavy atom. The maximum atomic E-state index is 13.1. The Kier molecular flexibility index (Phi) is 6.91. The fourth-order valence-corrected chi connectivity index (χ4v) is 2.27. The molecule has 0 aliphatic carbocycles. The summed E-state index contributed by atoms with van der Waals surface area (Å²) in [5, 5.41) is 7.79. The molecule has 2 aromatic carbocycles. The monoisotopic (exact) mass is 400 g/mol. The van der Waals surface area contributed by atoms with Crippen LogP contribution >= 0.6 is 0 Å². The Morgan fingerprint density at radius 1 is 1.00 bits per heavy atom. The highest BCUT2D eigenvalue weighted by Crippen LogP contribution is 2.32. The van der Waals surface area contributed by atoms with Crippen LogP contribution in [0.5, 0.6) is 0 Å². The second-order valence-corrected chi connectivity index (χ2v) is 5.63. The number of hydrogen-bond acceptors (Lipinski definition) is 2. The Morgan fingerprint density at radius 3 is 2.25 bits per heavy atom. The third-order valence-electron chi connectivity index (χ3n) is 3.59. The second kappa shape index (κ2) is 9.16. The summed E-state index contributed by atoms with van der Waals surface area (Å²) in [6, 6.07) is 7.51. The molecule has 1 amide bonds. The third kappa shape index (κ3) is 6.22. The molecule has 0 saturated heterocycles. The molecule has 2 rings (SSSR count). The first-order valence-corrected chi connectivity index (χ1v) is 8.04. The average molecular weight is 400 g/mol. The van der Waals surface area contributed by atoms with Gasteiger partial charge in [-0.3, -0.25) is 9.79 Å². The fourth-order valence-electron chi connectivity index (χ4n) is 2.27. The van der Waals surface area contributed by atoms with Crippen LogP contribution in [0.15, 0.2) is 47.5 Å². The van der Waals surface area contributed by atoms with Gasteiger partial charge in [-0.1, -0.05) is 6.07 Å². The van der Waals surface area contributed by atoms with Crippen LogP contribution in [0, 0.1) is 11.6 Å². The van der Waals surface area contributed by atoms with Crippen molar-refractivity contribution in [2.24, 2.45) is 4.99 Å². The number of amides is 1. The minimum Gasteiger partial charge on any atom is -0.352 e. The predicted molar refractivity (Wildman–Crippen MR) is 94.6 cm³/mol. The second-order valence-electron chi connectivity index (χ2n) is 5.63. The fraction of sp³-hybridized carbons (Fsp3) is 0.222. The number of halogens is 5. The zero-order valence-corrected chi connectivity index (χ0v) is 14.7. The van der Waals surface area contributed by atoms with E-state index in [1.165, 1.54) is 31.3 Å². The number of benzene rings is 2. The summed E-state index contributed by atoms with van der Waals surface area (Å²) in [6.45, 7) is -0.513. The molecular formula is C18H17F5N4O. The van der Waals surface area contributed by atoms with Crippen molar-refractivity contribution in [2.75, 3.05) is 18.9 Å². The molecular weight excluding hydrogens is 383 g/mol. The van der Waals surface area contributed by atoms with Crippen molar-refractivity contribution in [3.05, 3.63) is 65.2 Å². The Balaban J connectivity index is 1.91. The van der Waals surface area contributed by atoms with E-state index in [-0.39, 0.29) is 24.6 Å². The minimum atomic E-state index is -4.70. The van der Waals surface area contributed by atoms with Gasteiger partial charge >= 0.3 is 6.18 Å². The van der Waals surface area contributed by atoms with Gasteiger partial charge in [-0.2, -0.15) is 13.2 Å². The van der Waals surface area contributed by atoms with Gasteiger partial charge in [-0.05, 0) is 42.0 Å². The summed E-state index contributed by atoms with van der Waals surface area (Å²) in [7, 11) is 1.38. The van der Waals surface area contributed by atoms with Crippen molar-refractivity contribution in [3.8, 4) is 0 Å². The van der Waals surface area contributed by atoms with Crippen molar-refractivity contribution >= 4 is 17.6 Å². The van der Waals surface area contributed by atoms with Gasteiger partial charge in [0.1, 0.15) is 11.6 Å². The lowest BCUT2D eigenvalue weighted by Crippen LogP contribution is -2.41. The highest BCUT2D eigenvalue weighted by Gasteiger charge is 2.33. The van der Waals surface area contributed by atoms with Crippen molar-refractivity contribution in [1.29, 1.82) is 0 Å². The van der Waals surface area contributed by atoms with E-state index >= 15 is 0 Å². The number of nitrogens with zero attached hydrogens (tertiary/aromatic N) is 1.